The largest absolute Gasteiger partial charge is 0.380 e. The van der Waals surface area contributed by atoms with Crippen LogP contribution in [0, 0.1) is 0 Å². The number of thiophene rings is 1. The Bertz CT molecular complexity index is 495. The van der Waals surface area contributed by atoms with Crippen LogP contribution in [0.2, 0.25) is 0 Å². The van der Waals surface area contributed by atoms with Crippen LogP contribution in [0.5, 0.6) is 0 Å². The quantitative estimate of drug-likeness (QED) is 0.854. The molecule has 3 rings (SSSR count). The lowest BCUT2D eigenvalue weighted by Gasteiger charge is -2.45. The number of carbonyl (C=O) groups is 1. The Hall–Kier alpha value is -0.910. The predicted octanol–water partition coefficient (Wildman–Crippen LogP) is 2.85. The van der Waals surface area contributed by atoms with E-state index in [2.05, 4.69) is 18.9 Å². The lowest BCUT2D eigenvalue weighted by atomic mass is 9.85. The van der Waals surface area contributed by atoms with E-state index in [-0.39, 0.29) is 11.4 Å². The molecular formula is C17H26N2O2S. The number of ether oxygens (including phenoxy) is 1. The van der Waals surface area contributed by atoms with Crippen molar-refractivity contribution >= 4 is 17.2 Å². The summed E-state index contributed by atoms with van der Waals surface area (Å²) in [7, 11) is 2.24. The summed E-state index contributed by atoms with van der Waals surface area (Å²) in [5.74, 6) is 0.197. The Kier molecular flexibility index (Phi) is 4.85. The molecule has 2 aliphatic heterocycles. The second-order valence-corrected chi connectivity index (χ2v) is 7.27. The summed E-state index contributed by atoms with van der Waals surface area (Å²) in [5, 5.41) is 3.92. The molecule has 2 saturated heterocycles. The number of likely N-dealkylation sites (N-methyl/N-ethyl adjacent to an activating group) is 1. The van der Waals surface area contributed by atoms with Crippen LogP contribution in [0.25, 0.3) is 0 Å². The molecular weight excluding hydrogens is 296 g/mol. The molecule has 22 heavy (non-hydrogen) atoms. The van der Waals surface area contributed by atoms with Gasteiger partial charge in [0.25, 0.3) is 5.91 Å². The van der Waals surface area contributed by atoms with Gasteiger partial charge in [-0.2, -0.15) is 11.3 Å². The molecule has 2 aliphatic rings. The Morgan fingerprint density at radius 2 is 2.18 bits per heavy atom. The van der Waals surface area contributed by atoms with Crippen LogP contribution in [0.15, 0.2) is 16.8 Å². The number of nitrogens with zero attached hydrogens (tertiary/aromatic N) is 2. The standard InChI is InChI=1S/C17H26N2O2S/c1-3-21-12-15-4-6-17(18(15)2)7-9-19(10-8-17)16(20)14-5-11-22-13-14/h5,11,13,15H,3-4,6-10,12H2,1-2H3. The fourth-order valence-corrected chi connectivity index (χ4v) is 4.57. The van der Waals surface area contributed by atoms with Gasteiger partial charge in [-0.25, -0.2) is 0 Å². The molecule has 3 heterocycles. The van der Waals surface area contributed by atoms with Crippen molar-refractivity contribution in [3.05, 3.63) is 22.4 Å². The molecule has 0 aliphatic carbocycles. The van der Waals surface area contributed by atoms with E-state index in [0.717, 1.165) is 44.7 Å². The summed E-state index contributed by atoms with van der Waals surface area (Å²) in [6, 6.07) is 2.47. The monoisotopic (exact) mass is 322 g/mol. The first kappa shape index (κ1) is 16.0. The molecule has 1 atom stereocenters. The fraction of sp³-hybridized carbons (Fsp3) is 0.706. The average molecular weight is 322 g/mol. The summed E-state index contributed by atoms with van der Waals surface area (Å²) in [4.78, 5) is 17.0. The molecule has 1 unspecified atom stereocenters. The third-order valence-electron chi connectivity index (χ3n) is 5.50. The van der Waals surface area contributed by atoms with Gasteiger partial charge >= 0.3 is 0 Å². The first-order chi connectivity index (χ1) is 10.7. The van der Waals surface area contributed by atoms with Gasteiger partial charge in [-0.15, -0.1) is 0 Å². The second kappa shape index (κ2) is 6.69. The molecule has 1 spiro atoms. The van der Waals surface area contributed by atoms with Crippen molar-refractivity contribution in [2.75, 3.05) is 33.4 Å². The summed E-state index contributed by atoms with van der Waals surface area (Å²) in [6.45, 7) is 5.44. The van der Waals surface area contributed by atoms with Gasteiger partial charge < -0.3 is 9.64 Å². The van der Waals surface area contributed by atoms with Crippen molar-refractivity contribution in [1.82, 2.24) is 9.80 Å². The maximum absolute atomic E-state index is 12.5. The van der Waals surface area contributed by atoms with Crippen LogP contribution < -0.4 is 0 Å². The normalized spacial score (nSPS) is 25.0. The first-order valence-electron chi connectivity index (χ1n) is 8.28. The summed E-state index contributed by atoms with van der Waals surface area (Å²) >= 11 is 1.59. The van der Waals surface area contributed by atoms with Gasteiger partial charge in [0.2, 0.25) is 0 Å². The van der Waals surface area contributed by atoms with E-state index in [9.17, 15) is 4.79 Å². The number of likely N-dealkylation sites (tertiary alicyclic amines) is 2. The third-order valence-corrected chi connectivity index (χ3v) is 6.19. The third kappa shape index (κ3) is 2.94. The van der Waals surface area contributed by atoms with E-state index in [1.807, 2.05) is 21.7 Å². The molecule has 0 N–H and O–H groups in total. The van der Waals surface area contributed by atoms with Crippen LogP contribution in [-0.2, 0) is 4.74 Å². The zero-order valence-corrected chi connectivity index (χ0v) is 14.4. The van der Waals surface area contributed by atoms with E-state index < -0.39 is 0 Å². The topological polar surface area (TPSA) is 32.8 Å². The second-order valence-electron chi connectivity index (χ2n) is 6.49. The highest BCUT2D eigenvalue weighted by Gasteiger charge is 2.46. The van der Waals surface area contributed by atoms with Crippen LogP contribution in [-0.4, -0.2) is 60.6 Å². The van der Waals surface area contributed by atoms with E-state index in [1.165, 1.54) is 12.8 Å². The number of piperidine rings is 1. The van der Waals surface area contributed by atoms with E-state index in [4.69, 9.17) is 4.74 Å². The molecule has 1 aromatic heterocycles. The molecule has 0 saturated carbocycles. The smallest absolute Gasteiger partial charge is 0.254 e. The van der Waals surface area contributed by atoms with Crippen molar-refractivity contribution < 1.29 is 9.53 Å². The van der Waals surface area contributed by atoms with E-state index in [1.54, 1.807) is 11.3 Å². The number of amides is 1. The molecule has 1 aromatic rings. The Balaban J connectivity index is 1.58. The summed E-state index contributed by atoms with van der Waals surface area (Å²) in [6.07, 6.45) is 4.63. The molecule has 2 fully saturated rings. The van der Waals surface area contributed by atoms with Gasteiger partial charge in [-0.3, -0.25) is 9.69 Å². The van der Waals surface area contributed by atoms with Gasteiger partial charge in [-0.05, 0) is 51.1 Å². The molecule has 5 heteroatoms. The van der Waals surface area contributed by atoms with Crippen molar-refractivity contribution in [3.63, 3.8) is 0 Å². The van der Waals surface area contributed by atoms with Crippen molar-refractivity contribution in [3.8, 4) is 0 Å². The highest BCUT2D eigenvalue weighted by atomic mass is 32.1. The van der Waals surface area contributed by atoms with Gasteiger partial charge in [0.1, 0.15) is 0 Å². The maximum Gasteiger partial charge on any atom is 0.254 e. The maximum atomic E-state index is 12.5. The Morgan fingerprint density at radius 3 is 2.82 bits per heavy atom. The van der Waals surface area contributed by atoms with Crippen LogP contribution >= 0.6 is 11.3 Å². The molecule has 122 valence electrons. The lowest BCUT2D eigenvalue weighted by Crippen LogP contribution is -2.54. The highest BCUT2D eigenvalue weighted by molar-refractivity contribution is 7.08. The molecule has 4 nitrogen and oxygen atoms in total. The number of hydrogen-bond acceptors (Lipinski definition) is 4. The minimum absolute atomic E-state index is 0.197. The van der Waals surface area contributed by atoms with Gasteiger partial charge in [-0.1, -0.05) is 0 Å². The molecule has 0 bridgehead atoms. The van der Waals surface area contributed by atoms with Crippen LogP contribution in [0.4, 0.5) is 0 Å². The van der Waals surface area contributed by atoms with Crippen molar-refractivity contribution in [1.29, 1.82) is 0 Å². The number of carbonyl (C=O) groups excluding carboxylic acids is 1. The predicted molar refractivity (Wildman–Crippen MR) is 89.5 cm³/mol. The summed E-state index contributed by atoms with van der Waals surface area (Å²) in [5.41, 5.74) is 1.13. The van der Waals surface area contributed by atoms with E-state index >= 15 is 0 Å². The Labute approximate surface area is 137 Å². The van der Waals surface area contributed by atoms with Crippen LogP contribution in [0.3, 0.4) is 0 Å². The molecule has 0 aromatic carbocycles. The van der Waals surface area contributed by atoms with Gasteiger partial charge in [0.05, 0.1) is 12.2 Å². The number of rotatable bonds is 4. The Morgan fingerprint density at radius 1 is 1.41 bits per heavy atom. The highest BCUT2D eigenvalue weighted by Crippen LogP contribution is 2.40. The van der Waals surface area contributed by atoms with Crippen LogP contribution in [0.1, 0.15) is 43.0 Å². The van der Waals surface area contributed by atoms with Gasteiger partial charge in [0.15, 0.2) is 0 Å². The molecule has 1 amide bonds. The first-order valence-corrected chi connectivity index (χ1v) is 9.23. The fourth-order valence-electron chi connectivity index (χ4n) is 3.94. The summed E-state index contributed by atoms with van der Waals surface area (Å²) < 4.78 is 5.63. The zero-order chi connectivity index (χ0) is 15.6. The lowest BCUT2D eigenvalue weighted by molar-refractivity contribution is 0.0211. The minimum atomic E-state index is 0.197. The number of hydrogen-bond donors (Lipinski definition) is 0. The van der Waals surface area contributed by atoms with Gasteiger partial charge in [0, 0.05) is 36.7 Å². The minimum Gasteiger partial charge on any atom is -0.380 e. The average Bonchev–Trinajstić information content (AvgIpc) is 3.17. The molecule has 0 radical (unpaired) electrons. The van der Waals surface area contributed by atoms with E-state index in [0.29, 0.717) is 6.04 Å². The van der Waals surface area contributed by atoms with Crippen molar-refractivity contribution in [2.24, 2.45) is 0 Å². The zero-order valence-electron chi connectivity index (χ0n) is 13.6. The van der Waals surface area contributed by atoms with Crippen molar-refractivity contribution in [2.45, 2.75) is 44.2 Å². The SMILES string of the molecule is CCOCC1CCC2(CCN(C(=O)c3ccsc3)CC2)N1C.